The molecule has 1 amide bonds. The molecule has 0 aliphatic rings. The minimum atomic E-state index is -4.13. The molecule has 0 spiro atoms. The van der Waals surface area contributed by atoms with Crippen LogP contribution in [-0.4, -0.2) is 20.9 Å². The van der Waals surface area contributed by atoms with Crippen molar-refractivity contribution in [1.29, 1.82) is 0 Å². The highest BCUT2D eigenvalue weighted by Gasteiger charge is 2.32. The first-order valence-electron chi connectivity index (χ1n) is 9.29. The summed E-state index contributed by atoms with van der Waals surface area (Å²) >= 11 is 3.35. The average molecular weight is 488 g/mol. The van der Waals surface area contributed by atoms with Gasteiger partial charge in [0.1, 0.15) is 5.75 Å². The van der Waals surface area contributed by atoms with Gasteiger partial charge in [0.15, 0.2) is 6.61 Å². The van der Waals surface area contributed by atoms with Crippen molar-refractivity contribution in [1.82, 2.24) is 0 Å². The summed E-state index contributed by atoms with van der Waals surface area (Å²) in [5.74, 6) is -0.212. The summed E-state index contributed by atoms with van der Waals surface area (Å²) in [6.07, 6.45) is 0. The van der Waals surface area contributed by atoms with Crippen molar-refractivity contribution in [3.63, 3.8) is 0 Å². The topological polar surface area (TPSA) is 63.7 Å². The fraction of sp³-hybridized carbons (Fsp3) is 0.174. The Bertz CT molecular complexity index is 1170. The number of rotatable bonds is 6. The lowest BCUT2D eigenvalue weighted by atomic mass is 10.1. The zero-order chi connectivity index (χ0) is 21.9. The van der Waals surface area contributed by atoms with Crippen LogP contribution in [0, 0.1) is 20.8 Å². The van der Waals surface area contributed by atoms with Gasteiger partial charge in [-0.2, -0.15) is 4.31 Å². The summed E-state index contributed by atoms with van der Waals surface area (Å²) in [5, 5.41) is 0. The molecular weight excluding hydrogens is 466 g/mol. The summed E-state index contributed by atoms with van der Waals surface area (Å²) in [4.78, 5) is 13.2. The SMILES string of the molecule is Cc1ccc(S(=O)(=O)N(C(=O)COc2cccc(Br)c2)c2cccc(C)c2C)cc1. The average Bonchev–Trinajstić information content (AvgIpc) is 2.70. The van der Waals surface area contributed by atoms with Gasteiger partial charge in [0.2, 0.25) is 0 Å². The third kappa shape index (κ3) is 4.74. The maximum Gasteiger partial charge on any atom is 0.278 e. The third-order valence-corrected chi connectivity index (χ3v) is 6.98. The molecule has 0 heterocycles. The standard InChI is InChI=1S/C23H22BrNO4S/c1-16-10-12-21(13-11-16)30(27,28)25(22-9-4-6-17(2)18(22)3)23(26)15-29-20-8-5-7-19(24)14-20/h4-14H,15H2,1-3H3. The van der Waals surface area contributed by atoms with Gasteiger partial charge in [-0.25, -0.2) is 8.42 Å². The van der Waals surface area contributed by atoms with E-state index in [1.54, 1.807) is 49.4 Å². The second-order valence-corrected chi connectivity index (χ2v) is 9.64. The van der Waals surface area contributed by atoms with Crippen molar-refractivity contribution in [3.8, 4) is 5.75 Å². The first kappa shape index (κ1) is 22.1. The molecule has 0 aliphatic heterocycles. The molecule has 0 aliphatic carbocycles. The van der Waals surface area contributed by atoms with Crippen LogP contribution in [0.25, 0.3) is 0 Å². The second-order valence-electron chi connectivity index (χ2n) is 6.94. The molecule has 3 rings (SSSR count). The molecule has 156 valence electrons. The molecular formula is C23H22BrNO4S. The number of hydrogen-bond donors (Lipinski definition) is 0. The van der Waals surface area contributed by atoms with E-state index in [4.69, 9.17) is 4.74 Å². The number of amides is 1. The number of halogens is 1. The van der Waals surface area contributed by atoms with E-state index in [1.165, 1.54) is 12.1 Å². The molecule has 0 saturated heterocycles. The largest absolute Gasteiger partial charge is 0.484 e. The highest BCUT2D eigenvalue weighted by molar-refractivity contribution is 9.10. The first-order valence-corrected chi connectivity index (χ1v) is 11.5. The van der Waals surface area contributed by atoms with Gasteiger partial charge in [-0.1, -0.05) is 51.8 Å². The molecule has 0 bridgehead atoms. The summed E-state index contributed by atoms with van der Waals surface area (Å²) in [6, 6.07) is 18.7. The zero-order valence-electron chi connectivity index (χ0n) is 16.9. The summed E-state index contributed by atoms with van der Waals surface area (Å²) in [6.45, 7) is 5.12. The smallest absolute Gasteiger partial charge is 0.278 e. The number of carbonyl (C=O) groups excluding carboxylic acids is 1. The van der Waals surface area contributed by atoms with E-state index in [9.17, 15) is 13.2 Å². The van der Waals surface area contributed by atoms with Gasteiger partial charge < -0.3 is 4.74 Å². The monoisotopic (exact) mass is 487 g/mol. The molecule has 0 N–H and O–H groups in total. The molecule has 7 heteroatoms. The van der Waals surface area contributed by atoms with E-state index in [0.29, 0.717) is 17.0 Å². The van der Waals surface area contributed by atoms with Crippen LogP contribution < -0.4 is 9.04 Å². The summed E-state index contributed by atoms with van der Waals surface area (Å²) < 4.78 is 34.1. The molecule has 3 aromatic carbocycles. The van der Waals surface area contributed by atoms with E-state index < -0.39 is 22.5 Å². The van der Waals surface area contributed by atoms with Crippen LogP contribution in [-0.2, 0) is 14.8 Å². The summed E-state index contributed by atoms with van der Waals surface area (Å²) in [5.41, 5.74) is 2.84. The second kappa shape index (κ2) is 9.02. The minimum absolute atomic E-state index is 0.0461. The summed E-state index contributed by atoms with van der Waals surface area (Å²) in [7, 11) is -4.13. The number of aryl methyl sites for hydroxylation is 2. The van der Waals surface area contributed by atoms with E-state index in [-0.39, 0.29) is 4.90 Å². The number of sulfonamides is 1. The van der Waals surface area contributed by atoms with Crippen LogP contribution in [0.15, 0.2) is 76.1 Å². The van der Waals surface area contributed by atoms with Crippen LogP contribution >= 0.6 is 15.9 Å². The molecule has 0 radical (unpaired) electrons. The molecule has 30 heavy (non-hydrogen) atoms. The normalized spacial score (nSPS) is 11.2. The maximum atomic E-state index is 13.5. The van der Waals surface area contributed by atoms with E-state index in [2.05, 4.69) is 15.9 Å². The Balaban J connectivity index is 2.02. The Morgan fingerprint density at radius 2 is 1.63 bits per heavy atom. The van der Waals surface area contributed by atoms with Crippen molar-refractivity contribution in [3.05, 3.63) is 87.9 Å². The molecule has 0 aromatic heterocycles. The third-order valence-electron chi connectivity index (χ3n) is 4.74. The van der Waals surface area contributed by atoms with Crippen LogP contribution in [0.4, 0.5) is 5.69 Å². The molecule has 0 fully saturated rings. The highest BCUT2D eigenvalue weighted by atomic mass is 79.9. The van der Waals surface area contributed by atoms with Gasteiger partial charge in [0, 0.05) is 4.47 Å². The Morgan fingerprint density at radius 1 is 0.967 bits per heavy atom. The Kier molecular flexibility index (Phi) is 6.63. The van der Waals surface area contributed by atoms with E-state index in [1.807, 2.05) is 26.0 Å². The lowest BCUT2D eigenvalue weighted by molar-refractivity contribution is -0.119. The van der Waals surface area contributed by atoms with Crippen molar-refractivity contribution in [2.45, 2.75) is 25.7 Å². The minimum Gasteiger partial charge on any atom is -0.484 e. The quantitative estimate of drug-likeness (QED) is 0.480. The zero-order valence-corrected chi connectivity index (χ0v) is 19.3. The van der Waals surface area contributed by atoms with Gasteiger partial charge in [0.05, 0.1) is 10.6 Å². The predicted molar refractivity (Wildman–Crippen MR) is 121 cm³/mol. The van der Waals surface area contributed by atoms with Gasteiger partial charge in [-0.3, -0.25) is 4.79 Å². The number of nitrogens with zero attached hydrogens (tertiary/aromatic N) is 1. The van der Waals surface area contributed by atoms with Crippen LogP contribution in [0.3, 0.4) is 0 Å². The fourth-order valence-corrected chi connectivity index (χ4v) is 4.78. The van der Waals surface area contributed by atoms with Crippen molar-refractivity contribution < 1.29 is 17.9 Å². The Labute approximate surface area is 185 Å². The highest BCUT2D eigenvalue weighted by Crippen LogP contribution is 2.29. The van der Waals surface area contributed by atoms with Crippen LogP contribution in [0.1, 0.15) is 16.7 Å². The number of hydrogen-bond acceptors (Lipinski definition) is 4. The lowest BCUT2D eigenvalue weighted by Gasteiger charge is -2.25. The van der Waals surface area contributed by atoms with Gasteiger partial charge >= 0.3 is 0 Å². The molecule has 3 aromatic rings. The van der Waals surface area contributed by atoms with Crippen molar-refractivity contribution in [2.75, 3.05) is 10.9 Å². The van der Waals surface area contributed by atoms with Crippen LogP contribution in [0.2, 0.25) is 0 Å². The van der Waals surface area contributed by atoms with Gasteiger partial charge in [-0.05, 0) is 68.3 Å². The number of ether oxygens (including phenoxy) is 1. The number of anilines is 1. The van der Waals surface area contributed by atoms with Crippen LogP contribution in [0.5, 0.6) is 5.75 Å². The molecule has 0 unspecified atom stereocenters. The Hall–Kier alpha value is -2.64. The molecule has 0 atom stereocenters. The van der Waals surface area contributed by atoms with E-state index in [0.717, 1.165) is 19.9 Å². The molecule has 0 saturated carbocycles. The first-order chi connectivity index (χ1) is 14.2. The molecule has 5 nitrogen and oxygen atoms in total. The Morgan fingerprint density at radius 3 is 2.30 bits per heavy atom. The van der Waals surface area contributed by atoms with Crippen molar-refractivity contribution >= 4 is 37.5 Å². The van der Waals surface area contributed by atoms with Gasteiger partial charge in [-0.15, -0.1) is 0 Å². The number of carbonyl (C=O) groups is 1. The lowest BCUT2D eigenvalue weighted by Crippen LogP contribution is -2.40. The number of benzene rings is 3. The fourth-order valence-electron chi connectivity index (χ4n) is 2.93. The van der Waals surface area contributed by atoms with Crippen molar-refractivity contribution in [2.24, 2.45) is 0 Å². The predicted octanol–water partition coefficient (Wildman–Crippen LogP) is 5.18. The maximum absolute atomic E-state index is 13.5. The van der Waals surface area contributed by atoms with E-state index >= 15 is 0 Å². The van der Waals surface area contributed by atoms with Gasteiger partial charge in [0.25, 0.3) is 15.9 Å².